The van der Waals surface area contributed by atoms with Crippen molar-refractivity contribution in [1.82, 2.24) is 10.6 Å². The van der Waals surface area contributed by atoms with E-state index in [4.69, 9.17) is 4.42 Å². The second-order valence-electron chi connectivity index (χ2n) is 5.31. The van der Waals surface area contributed by atoms with Crippen LogP contribution in [0.4, 0.5) is 0 Å². The van der Waals surface area contributed by atoms with Gasteiger partial charge in [0.15, 0.2) is 0 Å². The van der Waals surface area contributed by atoms with Gasteiger partial charge >= 0.3 is 0 Å². The lowest BCUT2D eigenvalue weighted by molar-refractivity contribution is -0.123. The summed E-state index contributed by atoms with van der Waals surface area (Å²) in [6.45, 7) is 7.18. The minimum atomic E-state index is 0.0304. The largest absolute Gasteiger partial charge is 0.459 e. The first-order valence-corrected chi connectivity index (χ1v) is 7.07. The fraction of sp³-hybridized carbons (Fsp3) is 0.438. The summed E-state index contributed by atoms with van der Waals surface area (Å²) < 4.78 is 5.80. The van der Waals surface area contributed by atoms with E-state index in [0.29, 0.717) is 6.54 Å². The topological polar surface area (TPSA) is 54.3 Å². The van der Waals surface area contributed by atoms with Crippen LogP contribution in [-0.4, -0.2) is 19.0 Å². The lowest BCUT2D eigenvalue weighted by Crippen LogP contribution is -2.34. The van der Waals surface area contributed by atoms with Crippen molar-refractivity contribution in [3.05, 3.63) is 36.1 Å². The highest BCUT2D eigenvalue weighted by atomic mass is 16.3. The van der Waals surface area contributed by atoms with Crippen LogP contribution in [0.25, 0.3) is 11.0 Å². The van der Waals surface area contributed by atoms with Crippen LogP contribution < -0.4 is 10.6 Å². The second-order valence-corrected chi connectivity index (χ2v) is 5.31. The molecule has 1 heterocycles. The molecule has 0 saturated heterocycles. The molecule has 0 aliphatic rings. The minimum absolute atomic E-state index is 0.0304. The maximum atomic E-state index is 11.4. The summed E-state index contributed by atoms with van der Waals surface area (Å²) in [5, 5.41) is 7.34. The molecular weight excluding hydrogens is 252 g/mol. The van der Waals surface area contributed by atoms with Gasteiger partial charge in [-0.1, -0.05) is 32.0 Å². The third-order valence-electron chi connectivity index (χ3n) is 3.27. The van der Waals surface area contributed by atoms with Gasteiger partial charge in [0, 0.05) is 24.4 Å². The van der Waals surface area contributed by atoms with Crippen molar-refractivity contribution >= 4 is 16.9 Å². The number of para-hydroxylation sites is 1. The average Bonchev–Trinajstić information content (AvgIpc) is 2.86. The van der Waals surface area contributed by atoms with Crippen LogP contribution in [0, 0.1) is 5.92 Å². The number of rotatable bonds is 6. The third-order valence-corrected chi connectivity index (χ3v) is 3.27. The summed E-state index contributed by atoms with van der Waals surface area (Å²) in [6.07, 6.45) is 0. The van der Waals surface area contributed by atoms with Crippen molar-refractivity contribution in [2.45, 2.75) is 26.8 Å². The molecule has 0 fully saturated rings. The average molecular weight is 274 g/mol. The molecule has 1 unspecified atom stereocenters. The molecule has 1 amide bonds. The molecule has 1 aromatic carbocycles. The summed E-state index contributed by atoms with van der Waals surface area (Å²) in [7, 11) is 0. The van der Waals surface area contributed by atoms with E-state index in [-0.39, 0.29) is 17.9 Å². The predicted octanol–water partition coefficient (Wildman–Crippen LogP) is 2.86. The van der Waals surface area contributed by atoms with Crippen molar-refractivity contribution in [3.63, 3.8) is 0 Å². The van der Waals surface area contributed by atoms with E-state index < -0.39 is 0 Å². The van der Waals surface area contributed by atoms with Crippen LogP contribution in [0.1, 0.15) is 32.6 Å². The Labute approximate surface area is 119 Å². The van der Waals surface area contributed by atoms with Crippen LogP contribution >= 0.6 is 0 Å². The monoisotopic (exact) mass is 274 g/mol. The summed E-state index contributed by atoms with van der Waals surface area (Å²) in [5.41, 5.74) is 0.907. The Morgan fingerprint density at radius 2 is 1.95 bits per heavy atom. The smallest absolute Gasteiger partial charge is 0.222 e. The summed E-state index contributed by atoms with van der Waals surface area (Å²) in [4.78, 5) is 11.4. The van der Waals surface area contributed by atoms with Crippen molar-refractivity contribution in [3.8, 4) is 0 Å². The van der Waals surface area contributed by atoms with Crippen LogP contribution in [0.15, 0.2) is 34.7 Å². The first-order chi connectivity index (χ1) is 9.58. The van der Waals surface area contributed by atoms with Crippen molar-refractivity contribution in [1.29, 1.82) is 0 Å². The van der Waals surface area contributed by atoms with Gasteiger partial charge in [-0.3, -0.25) is 4.79 Å². The molecule has 0 aliphatic heterocycles. The molecular formula is C16H22N2O2. The molecule has 2 rings (SSSR count). The van der Waals surface area contributed by atoms with Gasteiger partial charge in [-0.05, 0) is 19.1 Å². The number of benzene rings is 1. The quantitative estimate of drug-likeness (QED) is 0.796. The standard InChI is InChI=1S/C16H22N2O2/c1-11(2)16(19)18-9-8-17-12(3)15-10-13-6-4-5-7-14(13)20-15/h4-7,10-12,17H,8-9H2,1-3H3,(H,18,19). The normalized spacial score (nSPS) is 12.8. The predicted molar refractivity (Wildman–Crippen MR) is 80.5 cm³/mol. The van der Waals surface area contributed by atoms with Crippen LogP contribution in [0.5, 0.6) is 0 Å². The van der Waals surface area contributed by atoms with E-state index in [2.05, 4.69) is 23.6 Å². The van der Waals surface area contributed by atoms with E-state index in [9.17, 15) is 4.79 Å². The molecule has 0 aliphatic carbocycles. The first-order valence-electron chi connectivity index (χ1n) is 7.07. The van der Waals surface area contributed by atoms with Gasteiger partial charge in [-0.2, -0.15) is 0 Å². The molecule has 0 spiro atoms. The molecule has 0 saturated carbocycles. The third kappa shape index (κ3) is 3.61. The van der Waals surface area contributed by atoms with E-state index in [1.807, 2.05) is 38.1 Å². The van der Waals surface area contributed by atoms with Gasteiger partial charge in [-0.25, -0.2) is 0 Å². The highest BCUT2D eigenvalue weighted by Gasteiger charge is 2.11. The lowest BCUT2D eigenvalue weighted by Gasteiger charge is -2.12. The Bertz CT molecular complexity index is 542. The highest BCUT2D eigenvalue weighted by molar-refractivity contribution is 5.78. The molecule has 0 bridgehead atoms. The van der Waals surface area contributed by atoms with Gasteiger partial charge in [-0.15, -0.1) is 0 Å². The van der Waals surface area contributed by atoms with Crippen molar-refractivity contribution in [2.75, 3.05) is 13.1 Å². The van der Waals surface area contributed by atoms with Gasteiger partial charge < -0.3 is 15.1 Å². The molecule has 2 N–H and O–H groups in total. The Morgan fingerprint density at radius 3 is 2.65 bits per heavy atom. The molecule has 20 heavy (non-hydrogen) atoms. The second kappa shape index (κ2) is 6.57. The van der Waals surface area contributed by atoms with Crippen molar-refractivity contribution < 1.29 is 9.21 Å². The van der Waals surface area contributed by atoms with E-state index in [1.54, 1.807) is 0 Å². The number of nitrogens with one attached hydrogen (secondary N) is 2. The number of fused-ring (bicyclic) bond motifs is 1. The maximum Gasteiger partial charge on any atom is 0.222 e. The summed E-state index contributed by atoms with van der Waals surface area (Å²) in [5.74, 6) is 1.03. The minimum Gasteiger partial charge on any atom is -0.459 e. The van der Waals surface area contributed by atoms with Crippen molar-refractivity contribution in [2.24, 2.45) is 5.92 Å². The number of carbonyl (C=O) groups excluding carboxylic acids is 1. The number of furan rings is 1. The maximum absolute atomic E-state index is 11.4. The number of hydrogen-bond acceptors (Lipinski definition) is 3. The Balaban J connectivity index is 1.83. The van der Waals surface area contributed by atoms with Crippen LogP contribution in [0.3, 0.4) is 0 Å². The van der Waals surface area contributed by atoms with Crippen LogP contribution in [0.2, 0.25) is 0 Å². The van der Waals surface area contributed by atoms with Gasteiger partial charge in [0.1, 0.15) is 11.3 Å². The van der Waals surface area contributed by atoms with Gasteiger partial charge in [0.05, 0.1) is 6.04 Å². The first kappa shape index (κ1) is 14.6. The summed E-state index contributed by atoms with van der Waals surface area (Å²) in [6, 6.07) is 10.2. The number of carbonyl (C=O) groups is 1. The summed E-state index contributed by atoms with van der Waals surface area (Å²) >= 11 is 0. The van der Waals surface area contributed by atoms with Crippen LogP contribution in [-0.2, 0) is 4.79 Å². The Kier molecular flexibility index (Phi) is 4.79. The van der Waals surface area contributed by atoms with E-state index >= 15 is 0 Å². The van der Waals surface area contributed by atoms with E-state index in [0.717, 1.165) is 23.3 Å². The van der Waals surface area contributed by atoms with E-state index in [1.165, 1.54) is 0 Å². The fourth-order valence-electron chi connectivity index (χ4n) is 1.99. The molecule has 2 aromatic rings. The van der Waals surface area contributed by atoms with Gasteiger partial charge in [0.25, 0.3) is 0 Å². The molecule has 1 atom stereocenters. The molecule has 1 aromatic heterocycles. The zero-order valence-electron chi connectivity index (χ0n) is 12.3. The fourth-order valence-corrected chi connectivity index (χ4v) is 1.99. The Morgan fingerprint density at radius 1 is 1.20 bits per heavy atom. The SMILES string of the molecule is CC(C)C(=O)NCCNC(C)c1cc2ccccc2o1. The highest BCUT2D eigenvalue weighted by Crippen LogP contribution is 2.23. The van der Waals surface area contributed by atoms with Gasteiger partial charge in [0.2, 0.25) is 5.91 Å². The zero-order valence-corrected chi connectivity index (χ0v) is 12.3. The molecule has 0 radical (unpaired) electrons. The zero-order chi connectivity index (χ0) is 14.5. The number of amides is 1. The Hall–Kier alpha value is -1.81. The molecule has 4 nitrogen and oxygen atoms in total. The lowest BCUT2D eigenvalue weighted by atomic mass is 10.2. The number of hydrogen-bond donors (Lipinski definition) is 2. The molecule has 4 heteroatoms. The molecule has 108 valence electrons.